The van der Waals surface area contributed by atoms with Crippen LogP contribution in [0.2, 0.25) is 0 Å². The minimum atomic E-state index is 0.718. The average Bonchev–Trinajstić information content (AvgIpc) is 2.11. The molecule has 1 N–H and O–H groups in total. The maximum absolute atomic E-state index is 5.31. The zero-order valence-corrected chi connectivity index (χ0v) is 9.42. The van der Waals surface area contributed by atoms with E-state index in [2.05, 4.69) is 30.1 Å². The van der Waals surface area contributed by atoms with Gasteiger partial charge in [0.15, 0.2) is 0 Å². The second-order valence-corrected chi connectivity index (χ2v) is 4.23. The van der Waals surface area contributed by atoms with Crippen LogP contribution >= 0.6 is 0 Å². The van der Waals surface area contributed by atoms with Gasteiger partial charge in [0.05, 0.1) is 6.54 Å². The molecule has 1 fully saturated rings. The first-order valence-corrected chi connectivity index (χ1v) is 5.64. The van der Waals surface area contributed by atoms with Crippen LogP contribution in [-0.2, 0) is 0 Å². The van der Waals surface area contributed by atoms with Crippen LogP contribution in [0.4, 0.5) is 0 Å². The van der Waals surface area contributed by atoms with Gasteiger partial charge in [0.2, 0.25) is 0 Å². The highest BCUT2D eigenvalue weighted by Crippen LogP contribution is 2.30. The molecule has 0 aromatic rings. The van der Waals surface area contributed by atoms with Gasteiger partial charge in [-0.15, -0.1) is 6.42 Å². The van der Waals surface area contributed by atoms with Crippen LogP contribution in [-0.4, -0.2) is 37.6 Å². The molecule has 1 rings (SSSR count). The Morgan fingerprint density at radius 3 is 2.79 bits per heavy atom. The lowest BCUT2D eigenvalue weighted by Crippen LogP contribution is -2.49. The summed E-state index contributed by atoms with van der Waals surface area (Å²) in [5.74, 6) is 3.53. The number of hydrogen-bond acceptors (Lipinski definition) is 2. The normalized spacial score (nSPS) is 25.9. The first-order valence-electron chi connectivity index (χ1n) is 5.64. The molecule has 0 amide bonds. The number of terminal acetylenes is 1. The topological polar surface area (TPSA) is 15.3 Å². The van der Waals surface area contributed by atoms with Gasteiger partial charge in [-0.3, -0.25) is 4.90 Å². The number of hydrogen-bond donors (Lipinski definition) is 1. The summed E-state index contributed by atoms with van der Waals surface area (Å²) >= 11 is 0. The second kappa shape index (κ2) is 6.06. The van der Waals surface area contributed by atoms with Crippen LogP contribution in [0.5, 0.6) is 0 Å². The summed E-state index contributed by atoms with van der Waals surface area (Å²) in [5.41, 5.74) is 0. The van der Waals surface area contributed by atoms with Crippen LogP contribution in [0.25, 0.3) is 0 Å². The summed E-state index contributed by atoms with van der Waals surface area (Å²) in [6.07, 6.45) is 9.20. The molecule has 1 saturated carbocycles. The number of rotatable bonds is 6. The van der Waals surface area contributed by atoms with E-state index in [-0.39, 0.29) is 0 Å². The quantitative estimate of drug-likeness (QED) is 0.507. The van der Waals surface area contributed by atoms with E-state index in [9.17, 15) is 0 Å². The monoisotopic (exact) mass is 194 g/mol. The van der Waals surface area contributed by atoms with E-state index >= 15 is 0 Å². The minimum Gasteiger partial charge on any atom is -0.316 e. The van der Waals surface area contributed by atoms with Crippen LogP contribution in [0.1, 0.15) is 26.2 Å². The highest BCUT2D eigenvalue weighted by atomic mass is 15.1. The summed E-state index contributed by atoms with van der Waals surface area (Å²) in [4.78, 5) is 2.31. The van der Waals surface area contributed by atoms with Gasteiger partial charge in [0.1, 0.15) is 0 Å². The molecule has 0 radical (unpaired) electrons. The first-order chi connectivity index (χ1) is 6.79. The molecule has 1 aliphatic carbocycles. The second-order valence-electron chi connectivity index (χ2n) is 4.23. The van der Waals surface area contributed by atoms with Crippen LogP contribution in [0.15, 0.2) is 0 Å². The lowest BCUT2D eigenvalue weighted by molar-refractivity contribution is 0.0953. The van der Waals surface area contributed by atoms with Crippen LogP contribution in [0.3, 0.4) is 0 Å². The fraction of sp³-hybridized carbons (Fsp3) is 0.833. The maximum Gasteiger partial charge on any atom is 0.0598 e. The minimum absolute atomic E-state index is 0.718. The summed E-state index contributed by atoms with van der Waals surface area (Å²) in [6, 6.07) is 0.718. The predicted octanol–water partition coefficient (Wildman–Crippen LogP) is 1.33. The fourth-order valence-electron chi connectivity index (χ4n) is 2.10. The van der Waals surface area contributed by atoms with E-state index in [0.717, 1.165) is 31.6 Å². The smallest absolute Gasteiger partial charge is 0.0598 e. The molecular weight excluding hydrogens is 172 g/mol. The van der Waals surface area contributed by atoms with Crippen LogP contribution < -0.4 is 5.32 Å². The molecule has 0 aliphatic heterocycles. The molecule has 0 spiro atoms. The third-order valence-corrected chi connectivity index (χ3v) is 3.12. The Kier molecular flexibility index (Phi) is 5.00. The molecule has 1 aliphatic rings. The predicted molar refractivity (Wildman–Crippen MR) is 61.1 cm³/mol. The summed E-state index contributed by atoms with van der Waals surface area (Å²) in [7, 11) is 2.14. The molecule has 0 aromatic carbocycles. The summed E-state index contributed by atoms with van der Waals surface area (Å²) in [5, 5.41) is 3.49. The van der Waals surface area contributed by atoms with E-state index in [1.807, 2.05) is 0 Å². The zero-order chi connectivity index (χ0) is 10.4. The van der Waals surface area contributed by atoms with Crippen molar-refractivity contribution >= 4 is 0 Å². The van der Waals surface area contributed by atoms with E-state index in [1.54, 1.807) is 0 Å². The van der Waals surface area contributed by atoms with Gasteiger partial charge in [-0.05, 0) is 45.3 Å². The number of nitrogens with zero attached hydrogens (tertiary/aromatic N) is 1. The zero-order valence-electron chi connectivity index (χ0n) is 9.42. The lowest BCUT2D eigenvalue weighted by atomic mass is 9.78. The van der Waals surface area contributed by atoms with Gasteiger partial charge in [0.25, 0.3) is 0 Å². The highest BCUT2D eigenvalue weighted by Gasteiger charge is 2.32. The Balaban J connectivity index is 2.18. The van der Waals surface area contributed by atoms with Crippen molar-refractivity contribution in [3.8, 4) is 12.3 Å². The Labute approximate surface area is 88.1 Å². The van der Waals surface area contributed by atoms with Gasteiger partial charge in [-0.2, -0.15) is 0 Å². The molecular formula is C12H22N2. The Bertz CT molecular complexity index is 195. The molecule has 0 saturated heterocycles. The van der Waals surface area contributed by atoms with Crippen molar-refractivity contribution in [2.45, 2.75) is 32.2 Å². The molecule has 0 bridgehead atoms. The Morgan fingerprint density at radius 1 is 1.50 bits per heavy atom. The lowest BCUT2D eigenvalue weighted by Gasteiger charge is -2.42. The summed E-state index contributed by atoms with van der Waals surface area (Å²) in [6.45, 7) is 5.29. The Hall–Kier alpha value is -0.520. The third-order valence-electron chi connectivity index (χ3n) is 3.12. The summed E-state index contributed by atoms with van der Waals surface area (Å²) < 4.78 is 0. The van der Waals surface area contributed by atoms with Gasteiger partial charge in [0, 0.05) is 6.04 Å². The molecule has 2 unspecified atom stereocenters. The van der Waals surface area contributed by atoms with E-state index in [1.165, 1.54) is 19.3 Å². The molecule has 80 valence electrons. The van der Waals surface area contributed by atoms with Crippen molar-refractivity contribution < 1.29 is 0 Å². The number of nitrogens with one attached hydrogen (secondary N) is 1. The van der Waals surface area contributed by atoms with Gasteiger partial charge < -0.3 is 5.32 Å². The standard InChI is InChI=1S/C12H22N2/c1-4-8-13-10-11-6-7-12(11)14(3)9-5-2/h2,11-13H,4,6-10H2,1,3H3. The van der Waals surface area contributed by atoms with Gasteiger partial charge in [-0.25, -0.2) is 0 Å². The fourth-order valence-corrected chi connectivity index (χ4v) is 2.10. The van der Waals surface area contributed by atoms with E-state index in [0.29, 0.717) is 0 Å². The van der Waals surface area contributed by atoms with Crippen molar-refractivity contribution in [3.63, 3.8) is 0 Å². The van der Waals surface area contributed by atoms with Crippen molar-refractivity contribution in [2.75, 3.05) is 26.7 Å². The molecule has 0 heterocycles. The first kappa shape index (κ1) is 11.6. The van der Waals surface area contributed by atoms with Crippen molar-refractivity contribution in [1.29, 1.82) is 0 Å². The van der Waals surface area contributed by atoms with E-state index < -0.39 is 0 Å². The molecule has 2 nitrogen and oxygen atoms in total. The maximum atomic E-state index is 5.31. The molecule has 2 atom stereocenters. The average molecular weight is 194 g/mol. The third kappa shape index (κ3) is 3.01. The van der Waals surface area contributed by atoms with E-state index in [4.69, 9.17) is 6.42 Å². The van der Waals surface area contributed by atoms with Crippen molar-refractivity contribution in [3.05, 3.63) is 0 Å². The molecule has 14 heavy (non-hydrogen) atoms. The Morgan fingerprint density at radius 2 is 2.29 bits per heavy atom. The van der Waals surface area contributed by atoms with Gasteiger partial charge in [-0.1, -0.05) is 12.8 Å². The largest absolute Gasteiger partial charge is 0.316 e. The van der Waals surface area contributed by atoms with Crippen molar-refractivity contribution in [1.82, 2.24) is 10.2 Å². The molecule has 2 heteroatoms. The highest BCUT2D eigenvalue weighted by molar-refractivity contribution is 4.95. The van der Waals surface area contributed by atoms with Crippen molar-refractivity contribution in [2.24, 2.45) is 5.92 Å². The molecule has 0 aromatic heterocycles. The van der Waals surface area contributed by atoms with Crippen LogP contribution in [0, 0.1) is 18.3 Å². The SMILES string of the molecule is C#CCN(C)C1CCC1CNCCC. The van der Waals surface area contributed by atoms with Gasteiger partial charge >= 0.3 is 0 Å².